The molecule has 0 fully saturated rings. The normalized spacial score (nSPS) is 13.0. The van der Waals surface area contributed by atoms with Crippen LogP contribution in [-0.4, -0.2) is 16.2 Å². The molecule has 0 aromatic carbocycles. The van der Waals surface area contributed by atoms with Crippen LogP contribution in [0.1, 0.15) is 0 Å². The number of aromatic nitrogens is 2. The molecule has 0 spiro atoms. The highest BCUT2D eigenvalue weighted by Gasteiger charge is 1.93. The first-order chi connectivity index (χ1) is 4.70. The van der Waals surface area contributed by atoms with Gasteiger partial charge in [-0.1, -0.05) is 10.7 Å². The van der Waals surface area contributed by atoms with Crippen molar-refractivity contribution in [3.63, 3.8) is 0 Å². The van der Waals surface area contributed by atoms with Crippen LogP contribution < -0.4 is 0 Å². The summed E-state index contributed by atoms with van der Waals surface area (Å²) in [5.74, 6) is 0. The van der Waals surface area contributed by atoms with Crippen molar-refractivity contribution in [1.29, 1.82) is 4.78 Å². The van der Waals surface area contributed by atoms with Gasteiger partial charge in [0.25, 0.3) is 0 Å². The molecule has 1 unspecified atom stereocenters. The van der Waals surface area contributed by atoms with Gasteiger partial charge in [-0.15, -0.1) is 0 Å². The van der Waals surface area contributed by atoms with E-state index in [1.54, 1.807) is 18.6 Å². The zero-order valence-corrected chi connectivity index (χ0v) is 6.91. The second-order valence-electron chi connectivity index (χ2n) is 1.70. The van der Waals surface area contributed by atoms with Crippen molar-refractivity contribution >= 4 is 22.3 Å². The minimum atomic E-state index is -0.521. The quantitative estimate of drug-likeness (QED) is 0.658. The zero-order valence-electron chi connectivity index (χ0n) is 5.34. The molecule has 0 radical (unpaired) electrons. The van der Waals surface area contributed by atoms with E-state index in [9.17, 15) is 0 Å². The van der Waals surface area contributed by atoms with E-state index in [-0.39, 0.29) is 5.28 Å². The molecule has 54 valence electrons. The van der Waals surface area contributed by atoms with E-state index in [2.05, 4.69) is 9.97 Å². The van der Waals surface area contributed by atoms with Crippen molar-refractivity contribution in [2.24, 2.45) is 0 Å². The highest BCUT2D eigenvalue weighted by Crippen LogP contribution is 2.03. The van der Waals surface area contributed by atoms with Crippen molar-refractivity contribution in [1.82, 2.24) is 9.97 Å². The molecule has 0 aliphatic heterocycles. The second kappa shape index (κ2) is 3.07. The Kier molecular flexibility index (Phi) is 2.34. The van der Waals surface area contributed by atoms with E-state index in [0.717, 1.165) is 4.90 Å². The third kappa shape index (κ3) is 1.75. The third-order valence-electron chi connectivity index (χ3n) is 0.950. The second-order valence-corrected chi connectivity index (χ2v) is 3.53. The van der Waals surface area contributed by atoms with Crippen LogP contribution in [0.2, 0.25) is 5.28 Å². The summed E-state index contributed by atoms with van der Waals surface area (Å²) in [6, 6.07) is 0. The first-order valence-electron chi connectivity index (χ1n) is 2.55. The van der Waals surface area contributed by atoms with Gasteiger partial charge in [0, 0.05) is 12.4 Å². The molecule has 0 saturated heterocycles. The zero-order chi connectivity index (χ0) is 7.56. The van der Waals surface area contributed by atoms with Crippen LogP contribution in [0.15, 0.2) is 17.3 Å². The fraction of sp³-hybridized carbons (Fsp3) is 0.200. The monoisotopic (exact) mass is 175 g/mol. The van der Waals surface area contributed by atoms with Crippen molar-refractivity contribution < 1.29 is 0 Å². The smallest absolute Gasteiger partial charge is 0.222 e. The molecular weight excluding hydrogens is 170 g/mol. The lowest BCUT2D eigenvalue weighted by atomic mass is 10.7. The lowest BCUT2D eigenvalue weighted by Crippen LogP contribution is -1.88. The van der Waals surface area contributed by atoms with Gasteiger partial charge in [-0.2, -0.15) is 0 Å². The molecule has 1 atom stereocenters. The average molecular weight is 176 g/mol. The molecular formula is C5H6ClN3S. The molecule has 3 nitrogen and oxygen atoms in total. The van der Waals surface area contributed by atoms with E-state index < -0.39 is 10.7 Å². The Morgan fingerprint density at radius 1 is 1.50 bits per heavy atom. The highest BCUT2D eigenvalue weighted by atomic mass is 35.5. The van der Waals surface area contributed by atoms with E-state index in [1.807, 2.05) is 0 Å². The summed E-state index contributed by atoms with van der Waals surface area (Å²) in [6.07, 6.45) is 4.93. The van der Waals surface area contributed by atoms with Crippen LogP contribution in [0.3, 0.4) is 0 Å². The SMILES string of the molecule is CS(=N)c1cnc(Cl)nc1. The predicted octanol–water partition coefficient (Wildman–Crippen LogP) is 1.50. The van der Waals surface area contributed by atoms with Crippen molar-refractivity contribution in [3.05, 3.63) is 17.7 Å². The van der Waals surface area contributed by atoms with Gasteiger partial charge in [-0.3, -0.25) is 4.78 Å². The number of halogens is 1. The van der Waals surface area contributed by atoms with Crippen molar-refractivity contribution in [2.75, 3.05) is 6.26 Å². The standard InChI is InChI=1S/C5H6ClN3S/c1-10(7)4-2-8-5(6)9-3-4/h2-3,7H,1H3. The lowest BCUT2D eigenvalue weighted by molar-refractivity contribution is 1.10. The highest BCUT2D eigenvalue weighted by molar-refractivity contribution is 7.85. The van der Waals surface area contributed by atoms with Gasteiger partial charge in [0.05, 0.1) is 4.90 Å². The first kappa shape index (κ1) is 7.63. The Morgan fingerprint density at radius 2 is 2.00 bits per heavy atom. The Morgan fingerprint density at radius 3 is 2.40 bits per heavy atom. The fourth-order valence-corrected chi connectivity index (χ4v) is 0.978. The van der Waals surface area contributed by atoms with Gasteiger partial charge < -0.3 is 0 Å². The molecule has 0 aliphatic carbocycles. The summed E-state index contributed by atoms with van der Waals surface area (Å²) >= 11 is 5.44. The van der Waals surface area contributed by atoms with Crippen LogP contribution in [0.5, 0.6) is 0 Å². The van der Waals surface area contributed by atoms with Gasteiger partial charge in [-0.05, 0) is 17.9 Å². The molecule has 1 N–H and O–H groups in total. The maximum atomic E-state index is 7.29. The Labute approximate surface area is 66.4 Å². The van der Waals surface area contributed by atoms with Gasteiger partial charge in [0.15, 0.2) is 0 Å². The number of hydrogen-bond donors (Lipinski definition) is 1. The summed E-state index contributed by atoms with van der Waals surface area (Å²) in [5, 5.41) is 0.231. The van der Waals surface area contributed by atoms with Crippen molar-refractivity contribution in [3.8, 4) is 0 Å². The van der Waals surface area contributed by atoms with Crippen LogP contribution in [0.25, 0.3) is 0 Å². The van der Waals surface area contributed by atoms with Gasteiger partial charge >= 0.3 is 0 Å². The number of nitrogens with one attached hydrogen (secondary N) is 1. The lowest BCUT2D eigenvalue weighted by Gasteiger charge is -1.95. The average Bonchev–Trinajstić information content (AvgIpc) is 1.88. The summed E-state index contributed by atoms with van der Waals surface area (Å²) < 4.78 is 7.29. The number of nitrogens with zero attached hydrogens (tertiary/aromatic N) is 2. The predicted molar refractivity (Wildman–Crippen MR) is 41.3 cm³/mol. The molecule has 0 aliphatic rings. The Hall–Kier alpha value is -0.480. The van der Waals surface area contributed by atoms with Crippen LogP contribution in [0.4, 0.5) is 0 Å². The Bertz CT molecular complexity index is 246. The van der Waals surface area contributed by atoms with E-state index >= 15 is 0 Å². The molecule has 1 aromatic heterocycles. The van der Waals surface area contributed by atoms with E-state index in [0.29, 0.717) is 0 Å². The molecule has 10 heavy (non-hydrogen) atoms. The van der Waals surface area contributed by atoms with E-state index in [1.165, 1.54) is 0 Å². The molecule has 0 amide bonds. The number of hydrogen-bond acceptors (Lipinski definition) is 3. The molecule has 0 bridgehead atoms. The van der Waals surface area contributed by atoms with Crippen molar-refractivity contribution in [2.45, 2.75) is 4.90 Å². The molecule has 1 heterocycles. The number of rotatable bonds is 1. The summed E-state index contributed by atoms with van der Waals surface area (Å²) in [7, 11) is -0.521. The van der Waals surface area contributed by atoms with E-state index in [4.69, 9.17) is 16.4 Å². The summed E-state index contributed by atoms with van der Waals surface area (Å²) in [4.78, 5) is 8.29. The van der Waals surface area contributed by atoms with Crippen LogP contribution in [0, 0.1) is 4.78 Å². The maximum Gasteiger partial charge on any atom is 0.222 e. The maximum absolute atomic E-state index is 7.29. The van der Waals surface area contributed by atoms with Gasteiger partial charge in [0.1, 0.15) is 0 Å². The largest absolute Gasteiger partial charge is 0.276 e. The molecule has 0 saturated carbocycles. The topological polar surface area (TPSA) is 49.6 Å². The summed E-state index contributed by atoms with van der Waals surface area (Å²) in [6.45, 7) is 0. The fourth-order valence-electron chi connectivity index (χ4n) is 0.459. The first-order valence-corrected chi connectivity index (χ1v) is 4.56. The van der Waals surface area contributed by atoms with Gasteiger partial charge in [0.2, 0.25) is 5.28 Å². The summed E-state index contributed by atoms with van der Waals surface area (Å²) in [5.41, 5.74) is 0. The van der Waals surface area contributed by atoms with Crippen LogP contribution >= 0.6 is 11.6 Å². The Balaban J connectivity index is 3.00. The minimum Gasteiger partial charge on any atom is -0.276 e. The minimum absolute atomic E-state index is 0.231. The third-order valence-corrected chi connectivity index (χ3v) is 2.06. The van der Waals surface area contributed by atoms with Crippen LogP contribution in [-0.2, 0) is 10.7 Å². The van der Waals surface area contributed by atoms with Gasteiger partial charge in [-0.25, -0.2) is 9.97 Å². The molecule has 5 heteroatoms. The molecule has 1 rings (SSSR count). The molecule has 1 aromatic rings.